The molecule has 0 radical (unpaired) electrons. The van der Waals surface area contributed by atoms with Gasteiger partial charge in [0.1, 0.15) is 6.73 Å². The zero-order chi connectivity index (χ0) is 7.98. The monoisotopic (exact) mass is 166 g/mol. The predicted molar refractivity (Wildman–Crippen MR) is 38.2 cm³/mol. The van der Waals surface area contributed by atoms with Gasteiger partial charge in [-0.1, -0.05) is 6.92 Å². The van der Waals surface area contributed by atoms with E-state index in [9.17, 15) is 4.79 Å². The topological polar surface area (TPSA) is 61.4 Å². The van der Waals surface area contributed by atoms with E-state index in [1.165, 1.54) is 0 Å². The summed E-state index contributed by atoms with van der Waals surface area (Å²) < 4.78 is 0. The Labute approximate surface area is 64.5 Å². The number of carbonyl (C=O) groups excluding carboxylic acids is 1. The molecule has 3 N–H and O–H groups in total. The number of halogens is 1. The van der Waals surface area contributed by atoms with E-state index in [2.05, 4.69) is 10.9 Å². The van der Waals surface area contributed by atoms with Gasteiger partial charge < -0.3 is 5.11 Å². The maximum atomic E-state index is 10.8. The molecule has 4 nitrogen and oxygen atoms in total. The second-order valence-electron chi connectivity index (χ2n) is 1.88. The number of hydrazine groups is 1. The number of rotatable bonds is 4. The fourth-order valence-electron chi connectivity index (χ4n) is 0.320. The Balaban J connectivity index is 3.42. The third-order valence-corrected chi connectivity index (χ3v) is 1.43. The van der Waals surface area contributed by atoms with Gasteiger partial charge in [-0.05, 0) is 0 Å². The van der Waals surface area contributed by atoms with Gasteiger partial charge in [0.05, 0.1) is 0 Å². The molecule has 0 heterocycles. The van der Waals surface area contributed by atoms with Crippen molar-refractivity contribution in [2.45, 2.75) is 6.92 Å². The minimum atomic E-state index is -0.277. The molecule has 0 aromatic carbocycles. The first-order valence-electron chi connectivity index (χ1n) is 2.92. The molecule has 0 aromatic heterocycles. The first kappa shape index (κ1) is 9.68. The molecule has 5 heteroatoms. The SMILES string of the molecule is CC(CCl)C(=O)NNCO. The van der Waals surface area contributed by atoms with Crippen molar-refractivity contribution in [1.82, 2.24) is 10.9 Å². The van der Waals surface area contributed by atoms with E-state index in [-0.39, 0.29) is 24.4 Å². The minimum absolute atomic E-state index is 0.218. The van der Waals surface area contributed by atoms with Crippen molar-refractivity contribution in [3.8, 4) is 0 Å². The van der Waals surface area contributed by atoms with Crippen LogP contribution in [0.3, 0.4) is 0 Å². The second-order valence-corrected chi connectivity index (χ2v) is 2.19. The summed E-state index contributed by atoms with van der Waals surface area (Å²) in [5.74, 6) is -0.177. The number of aliphatic hydroxyl groups excluding tert-OH is 1. The average Bonchev–Trinajstić information content (AvgIpc) is 1.98. The van der Waals surface area contributed by atoms with Crippen molar-refractivity contribution in [3.63, 3.8) is 0 Å². The molecule has 10 heavy (non-hydrogen) atoms. The lowest BCUT2D eigenvalue weighted by Crippen LogP contribution is -2.41. The molecular formula is C5H11ClN2O2. The highest BCUT2D eigenvalue weighted by atomic mass is 35.5. The summed E-state index contributed by atoms with van der Waals surface area (Å²) in [6.45, 7) is 1.42. The van der Waals surface area contributed by atoms with Crippen LogP contribution < -0.4 is 10.9 Å². The molecule has 0 bridgehead atoms. The number of carbonyl (C=O) groups is 1. The van der Waals surface area contributed by atoms with Gasteiger partial charge in [0.15, 0.2) is 0 Å². The Morgan fingerprint density at radius 1 is 1.80 bits per heavy atom. The molecule has 0 spiro atoms. The summed E-state index contributed by atoms with van der Waals surface area (Å²) >= 11 is 5.37. The predicted octanol–water partition coefficient (Wildman–Crippen LogP) is -0.568. The van der Waals surface area contributed by atoms with Crippen LogP contribution in [0.1, 0.15) is 6.92 Å². The van der Waals surface area contributed by atoms with E-state index < -0.39 is 0 Å². The Morgan fingerprint density at radius 3 is 2.80 bits per heavy atom. The van der Waals surface area contributed by atoms with E-state index >= 15 is 0 Å². The van der Waals surface area contributed by atoms with Crippen molar-refractivity contribution in [1.29, 1.82) is 0 Å². The van der Waals surface area contributed by atoms with E-state index in [1.54, 1.807) is 6.92 Å². The van der Waals surface area contributed by atoms with Crippen LogP contribution in [0.2, 0.25) is 0 Å². The van der Waals surface area contributed by atoms with Gasteiger partial charge in [0, 0.05) is 11.8 Å². The molecule has 0 aliphatic heterocycles. The second kappa shape index (κ2) is 5.46. The Kier molecular flexibility index (Phi) is 5.29. The maximum Gasteiger partial charge on any atom is 0.238 e. The number of nitrogens with one attached hydrogen (secondary N) is 2. The highest BCUT2D eigenvalue weighted by Crippen LogP contribution is 1.95. The van der Waals surface area contributed by atoms with Crippen LogP contribution in [-0.2, 0) is 4.79 Å². The first-order chi connectivity index (χ1) is 4.72. The molecule has 0 rings (SSSR count). The molecule has 1 unspecified atom stereocenters. The quantitative estimate of drug-likeness (QED) is 0.298. The first-order valence-corrected chi connectivity index (χ1v) is 3.45. The largest absolute Gasteiger partial charge is 0.380 e. The standard InChI is InChI=1S/C5H11ClN2O2/c1-4(2-6)5(10)8-7-3-9/h4,7,9H,2-3H2,1H3,(H,8,10). The molecule has 0 aliphatic rings. The lowest BCUT2D eigenvalue weighted by atomic mass is 10.2. The number of alkyl halides is 1. The summed E-state index contributed by atoms with van der Waals surface area (Å²) in [7, 11) is 0. The smallest absolute Gasteiger partial charge is 0.238 e. The molecule has 1 atom stereocenters. The Morgan fingerprint density at radius 2 is 2.40 bits per heavy atom. The zero-order valence-electron chi connectivity index (χ0n) is 5.72. The Bertz CT molecular complexity index is 110. The minimum Gasteiger partial charge on any atom is -0.380 e. The molecular weight excluding hydrogens is 156 g/mol. The maximum absolute atomic E-state index is 10.8. The molecule has 0 fully saturated rings. The van der Waals surface area contributed by atoms with Crippen molar-refractivity contribution in [3.05, 3.63) is 0 Å². The van der Waals surface area contributed by atoms with Crippen LogP contribution in [0.4, 0.5) is 0 Å². The van der Waals surface area contributed by atoms with Crippen LogP contribution >= 0.6 is 11.6 Å². The van der Waals surface area contributed by atoms with Crippen LogP contribution in [-0.4, -0.2) is 23.6 Å². The molecule has 0 saturated carbocycles. The fraction of sp³-hybridized carbons (Fsp3) is 0.800. The third-order valence-electron chi connectivity index (χ3n) is 0.970. The van der Waals surface area contributed by atoms with Crippen molar-refractivity contribution >= 4 is 17.5 Å². The van der Waals surface area contributed by atoms with Gasteiger partial charge in [0.2, 0.25) is 5.91 Å². The van der Waals surface area contributed by atoms with Gasteiger partial charge in [0.25, 0.3) is 0 Å². The summed E-state index contributed by atoms with van der Waals surface area (Å²) in [6.07, 6.45) is 0. The zero-order valence-corrected chi connectivity index (χ0v) is 6.48. The van der Waals surface area contributed by atoms with E-state index in [0.717, 1.165) is 0 Å². The summed E-state index contributed by atoms with van der Waals surface area (Å²) in [5.41, 5.74) is 4.52. The lowest BCUT2D eigenvalue weighted by molar-refractivity contribution is -0.125. The Hall–Kier alpha value is -0.320. The van der Waals surface area contributed by atoms with E-state index in [0.29, 0.717) is 0 Å². The molecule has 60 valence electrons. The summed E-state index contributed by atoms with van der Waals surface area (Å²) in [5, 5.41) is 8.21. The van der Waals surface area contributed by atoms with Crippen LogP contribution in [0, 0.1) is 5.92 Å². The van der Waals surface area contributed by atoms with E-state index in [1.807, 2.05) is 0 Å². The van der Waals surface area contributed by atoms with Crippen molar-refractivity contribution in [2.24, 2.45) is 5.92 Å². The van der Waals surface area contributed by atoms with Gasteiger partial charge >= 0.3 is 0 Å². The van der Waals surface area contributed by atoms with Gasteiger partial charge in [-0.25, -0.2) is 5.43 Å². The van der Waals surface area contributed by atoms with Crippen LogP contribution in [0.25, 0.3) is 0 Å². The van der Waals surface area contributed by atoms with Gasteiger partial charge in [-0.2, -0.15) is 0 Å². The van der Waals surface area contributed by atoms with E-state index in [4.69, 9.17) is 16.7 Å². The average molecular weight is 167 g/mol. The van der Waals surface area contributed by atoms with Gasteiger partial charge in [-0.15, -0.1) is 11.6 Å². The lowest BCUT2D eigenvalue weighted by Gasteiger charge is -2.07. The molecule has 0 aromatic rings. The van der Waals surface area contributed by atoms with Crippen LogP contribution in [0.5, 0.6) is 0 Å². The molecule has 0 saturated heterocycles. The number of aliphatic hydroxyl groups is 1. The number of amides is 1. The van der Waals surface area contributed by atoms with Crippen LogP contribution in [0.15, 0.2) is 0 Å². The van der Waals surface area contributed by atoms with Gasteiger partial charge in [-0.3, -0.25) is 10.2 Å². The van der Waals surface area contributed by atoms with Crippen molar-refractivity contribution < 1.29 is 9.90 Å². The number of hydrogen-bond donors (Lipinski definition) is 3. The summed E-state index contributed by atoms with van der Waals surface area (Å²) in [4.78, 5) is 10.8. The number of hydrogen-bond acceptors (Lipinski definition) is 3. The fourth-order valence-corrected chi connectivity index (χ4v) is 0.460. The van der Waals surface area contributed by atoms with Crippen molar-refractivity contribution in [2.75, 3.05) is 12.6 Å². The summed E-state index contributed by atoms with van der Waals surface area (Å²) in [6, 6.07) is 0. The highest BCUT2D eigenvalue weighted by molar-refractivity contribution is 6.19. The molecule has 1 amide bonds. The molecule has 0 aliphatic carbocycles. The third kappa shape index (κ3) is 3.66. The highest BCUT2D eigenvalue weighted by Gasteiger charge is 2.09. The normalized spacial score (nSPS) is 12.7.